The molecule has 2 heterocycles. The van der Waals surface area contributed by atoms with Gasteiger partial charge in [0.2, 0.25) is 5.91 Å². The van der Waals surface area contributed by atoms with Crippen LogP contribution in [0.1, 0.15) is 12.5 Å². The lowest BCUT2D eigenvalue weighted by atomic mass is 10.1. The molecule has 0 fully saturated rings. The second-order valence-electron chi connectivity index (χ2n) is 7.33. The van der Waals surface area contributed by atoms with E-state index in [9.17, 15) is 9.18 Å². The molecule has 164 valence electrons. The molecular formula is C23H23FN6OS. The average Bonchev–Trinajstić information content (AvgIpc) is 3.35. The summed E-state index contributed by atoms with van der Waals surface area (Å²) < 4.78 is 17.0. The third-order valence-electron chi connectivity index (χ3n) is 4.85. The Morgan fingerprint density at radius 2 is 1.94 bits per heavy atom. The number of thioether (sulfide) groups is 1. The Morgan fingerprint density at radius 1 is 1.16 bits per heavy atom. The van der Waals surface area contributed by atoms with Crippen LogP contribution in [0.5, 0.6) is 0 Å². The fourth-order valence-electron chi connectivity index (χ4n) is 3.40. The fourth-order valence-corrected chi connectivity index (χ4v) is 4.21. The maximum Gasteiger partial charge on any atom is 0.234 e. The lowest BCUT2D eigenvalue weighted by molar-refractivity contribution is -0.113. The standard InChI is InChI=1S/C23H23FN6OS/c1-4-30-22(19-13-29(3)28-21(19)16-8-10-17(24)11-9-16)26-27-23(30)32-14-20(31)25-18-7-5-6-15(2)12-18/h5-13H,4,14H2,1-3H3,(H,25,31). The minimum atomic E-state index is -0.300. The van der Waals surface area contributed by atoms with E-state index in [1.54, 1.807) is 16.8 Å². The zero-order valence-electron chi connectivity index (χ0n) is 18.0. The predicted molar refractivity (Wildman–Crippen MR) is 124 cm³/mol. The van der Waals surface area contributed by atoms with E-state index in [-0.39, 0.29) is 17.5 Å². The Kier molecular flexibility index (Phi) is 6.36. The van der Waals surface area contributed by atoms with Crippen LogP contribution in [0.25, 0.3) is 22.6 Å². The van der Waals surface area contributed by atoms with E-state index >= 15 is 0 Å². The van der Waals surface area contributed by atoms with Crippen LogP contribution in [0, 0.1) is 12.7 Å². The minimum absolute atomic E-state index is 0.110. The van der Waals surface area contributed by atoms with Gasteiger partial charge < -0.3 is 9.88 Å². The Hall–Kier alpha value is -3.46. The maximum absolute atomic E-state index is 13.4. The molecule has 0 unspecified atom stereocenters. The SMILES string of the molecule is CCn1c(SCC(=O)Nc2cccc(C)c2)nnc1-c1cn(C)nc1-c1ccc(F)cc1. The zero-order valence-corrected chi connectivity index (χ0v) is 18.9. The predicted octanol–water partition coefficient (Wildman–Crippen LogP) is 4.54. The molecule has 2 aromatic heterocycles. The maximum atomic E-state index is 13.4. The number of anilines is 1. The van der Waals surface area contributed by atoms with Gasteiger partial charge in [-0.15, -0.1) is 10.2 Å². The van der Waals surface area contributed by atoms with Crippen LogP contribution in [0.3, 0.4) is 0 Å². The number of rotatable bonds is 7. The van der Waals surface area contributed by atoms with Crippen molar-refractivity contribution in [3.8, 4) is 22.6 Å². The molecule has 0 aliphatic rings. The van der Waals surface area contributed by atoms with Crippen molar-refractivity contribution >= 4 is 23.4 Å². The molecular weight excluding hydrogens is 427 g/mol. The summed E-state index contributed by atoms with van der Waals surface area (Å²) in [5.41, 5.74) is 4.14. The van der Waals surface area contributed by atoms with Crippen LogP contribution >= 0.6 is 11.8 Å². The summed E-state index contributed by atoms with van der Waals surface area (Å²) in [6.45, 7) is 4.61. The highest BCUT2D eigenvalue weighted by Crippen LogP contribution is 2.32. The fraction of sp³-hybridized carbons (Fsp3) is 0.217. The molecule has 0 atom stereocenters. The van der Waals surface area contributed by atoms with Crippen LogP contribution < -0.4 is 5.32 Å². The number of halogens is 1. The lowest BCUT2D eigenvalue weighted by Crippen LogP contribution is -2.14. The van der Waals surface area contributed by atoms with E-state index in [4.69, 9.17) is 0 Å². The Labute approximate surface area is 189 Å². The van der Waals surface area contributed by atoms with Gasteiger partial charge in [-0.05, 0) is 55.8 Å². The number of carbonyl (C=O) groups is 1. The Bertz CT molecular complexity index is 1250. The molecule has 1 N–H and O–H groups in total. The van der Waals surface area contributed by atoms with Gasteiger partial charge in [0.05, 0.1) is 11.3 Å². The van der Waals surface area contributed by atoms with Crippen LogP contribution in [0.15, 0.2) is 59.9 Å². The van der Waals surface area contributed by atoms with Crippen LogP contribution in [0.4, 0.5) is 10.1 Å². The number of amides is 1. The highest BCUT2D eigenvalue weighted by molar-refractivity contribution is 7.99. The molecule has 4 rings (SSSR count). The monoisotopic (exact) mass is 450 g/mol. The van der Waals surface area contributed by atoms with Gasteiger partial charge >= 0.3 is 0 Å². The number of nitrogens with one attached hydrogen (secondary N) is 1. The lowest BCUT2D eigenvalue weighted by Gasteiger charge is -2.08. The summed E-state index contributed by atoms with van der Waals surface area (Å²) in [4.78, 5) is 12.4. The second kappa shape index (κ2) is 9.35. The minimum Gasteiger partial charge on any atom is -0.325 e. The molecule has 0 aliphatic carbocycles. The number of benzene rings is 2. The van der Waals surface area contributed by atoms with Gasteiger partial charge in [-0.2, -0.15) is 5.10 Å². The molecule has 0 aliphatic heterocycles. The topological polar surface area (TPSA) is 77.6 Å². The second-order valence-corrected chi connectivity index (χ2v) is 8.27. The first kappa shape index (κ1) is 21.8. The van der Waals surface area contributed by atoms with Crippen LogP contribution in [0.2, 0.25) is 0 Å². The van der Waals surface area contributed by atoms with E-state index in [1.165, 1.54) is 23.9 Å². The van der Waals surface area contributed by atoms with Crippen molar-refractivity contribution in [3.05, 3.63) is 66.1 Å². The molecule has 0 saturated carbocycles. The Balaban J connectivity index is 1.55. The molecule has 7 nitrogen and oxygen atoms in total. The molecule has 32 heavy (non-hydrogen) atoms. The van der Waals surface area contributed by atoms with Crippen molar-refractivity contribution in [2.24, 2.45) is 7.05 Å². The first-order valence-electron chi connectivity index (χ1n) is 10.2. The van der Waals surface area contributed by atoms with Gasteiger partial charge in [-0.1, -0.05) is 23.9 Å². The van der Waals surface area contributed by atoms with E-state index in [1.807, 2.05) is 55.9 Å². The van der Waals surface area contributed by atoms with Crippen molar-refractivity contribution in [2.45, 2.75) is 25.5 Å². The van der Waals surface area contributed by atoms with Gasteiger partial charge in [-0.25, -0.2) is 4.39 Å². The number of nitrogens with zero attached hydrogens (tertiary/aromatic N) is 5. The summed E-state index contributed by atoms with van der Waals surface area (Å²) in [6.07, 6.45) is 1.87. The summed E-state index contributed by atoms with van der Waals surface area (Å²) in [5, 5.41) is 16.8. The van der Waals surface area contributed by atoms with Crippen LogP contribution in [-0.4, -0.2) is 36.2 Å². The summed E-state index contributed by atoms with van der Waals surface area (Å²) in [6, 6.07) is 13.9. The number of hydrogen-bond donors (Lipinski definition) is 1. The summed E-state index contributed by atoms with van der Waals surface area (Å²) in [7, 11) is 1.83. The molecule has 0 saturated heterocycles. The molecule has 2 aromatic carbocycles. The molecule has 1 amide bonds. The van der Waals surface area contributed by atoms with Crippen molar-refractivity contribution < 1.29 is 9.18 Å². The van der Waals surface area contributed by atoms with Crippen molar-refractivity contribution in [3.63, 3.8) is 0 Å². The summed E-state index contributed by atoms with van der Waals surface area (Å²) >= 11 is 1.33. The zero-order chi connectivity index (χ0) is 22.7. The highest BCUT2D eigenvalue weighted by atomic mass is 32.2. The van der Waals surface area contributed by atoms with Gasteiger partial charge in [0.25, 0.3) is 0 Å². The number of aromatic nitrogens is 5. The van der Waals surface area contributed by atoms with E-state index in [0.29, 0.717) is 23.2 Å². The molecule has 9 heteroatoms. The van der Waals surface area contributed by atoms with Gasteiger partial charge in [-0.3, -0.25) is 9.48 Å². The Morgan fingerprint density at radius 3 is 2.66 bits per heavy atom. The third kappa shape index (κ3) is 4.72. The van der Waals surface area contributed by atoms with E-state index in [2.05, 4.69) is 20.6 Å². The number of aryl methyl sites for hydroxylation is 2. The van der Waals surface area contributed by atoms with E-state index in [0.717, 1.165) is 22.4 Å². The third-order valence-corrected chi connectivity index (χ3v) is 5.82. The quantitative estimate of drug-likeness (QED) is 0.418. The smallest absolute Gasteiger partial charge is 0.234 e. The van der Waals surface area contributed by atoms with Crippen molar-refractivity contribution in [2.75, 3.05) is 11.1 Å². The average molecular weight is 451 g/mol. The van der Waals surface area contributed by atoms with Gasteiger partial charge in [0.15, 0.2) is 11.0 Å². The molecule has 0 spiro atoms. The van der Waals surface area contributed by atoms with Gasteiger partial charge in [0, 0.05) is 31.0 Å². The van der Waals surface area contributed by atoms with Crippen LogP contribution in [-0.2, 0) is 18.4 Å². The van der Waals surface area contributed by atoms with Gasteiger partial charge in [0.1, 0.15) is 11.5 Å². The largest absolute Gasteiger partial charge is 0.325 e. The van der Waals surface area contributed by atoms with E-state index < -0.39 is 0 Å². The molecule has 0 radical (unpaired) electrons. The normalized spacial score (nSPS) is 11.0. The number of carbonyl (C=O) groups excluding carboxylic acids is 1. The first-order chi connectivity index (χ1) is 15.4. The number of hydrogen-bond acceptors (Lipinski definition) is 5. The molecule has 0 bridgehead atoms. The molecule has 4 aromatic rings. The van der Waals surface area contributed by atoms with Crippen molar-refractivity contribution in [1.82, 2.24) is 24.5 Å². The summed E-state index contributed by atoms with van der Waals surface area (Å²) in [5.74, 6) is 0.456. The first-order valence-corrected chi connectivity index (χ1v) is 11.2. The highest BCUT2D eigenvalue weighted by Gasteiger charge is 2.20. The van der Waals surface area contributed by atoms with Crippen molar-refractivity contribution in [1.29, 1.82) is 0 Å².